The zero-order valence-corrected chi connectivity index (χ0v) is 23.2. The molecule has 40 heavy (non-hydrogen) atoms. The van der Waals surface area contributed by atoms with Gasteiger partial charge in [-0.25, -0.2) is 9.97 Å². The Morgan fingerprint density at radius 3 is 2.27 bits per heavy atom. The monoisotopic (exact) mass is 555 g/mol. The number of ether oxygens (including phenoxy) is 1. The van der Waals surface area contributed by atoms with Crippen LogP contribution in [-0.2, 0) is 22.3 Å². The number of anilines is 2. The predicted molar refractivity (Wildman–Crippen MR) is 156 cm³/mol. The van der Waals surface area contributed by atoms with Gasteiger partial charge in [-0.15, -0.1) is 0 Å². The summed E-state index contributed by atoms with van der Waals surface area (Å²) < 4.78 is 24.8. The molecule has 1 N–H and O–H groups in total. The second-order valence-electron chi connectivity index (χ2n) is 10.7. The van der Waals surface area contributed by atoms with E-state index in [2.05, 4.69) is 34.5 Å². The van der Waals surface area contributed by atoms with Crippen molar-refractivity contribution in [3.63, 3.8) is 0 Å². The highest BCUT2D eigenvalue weighted by Crippen LogP contribution is 2.39. The third-order valence-electron chi connectivity index (χ3n) is 8.09. The van der Waals surface area contributed by atoms with E-state index in [1.807, 2.05) is 36.4 Å². The Balaban J connectivity index is 1.12. The lowest BCUT2D eigenvalue weighted by atomic mass is 9.97. The standard InChI is InChI=1S/C31H33N5O3S/c37-40-20-15-25-28(40)29(32-24-13-18-38-19-14-24)35-31(33-25)36-16-11-23(12-17-36)30-34-26(21-7-3-1-4-8-21)27(39-30)22-9-5-2-6-10-22/h1-10,23-24H,11-20H2,(H,32,33,35). The summed E-state index contributed by atoms with van der Waals surface area (Å²) in [7, 11) is 0. The van der Waals surface area contributed by atoms with Crippen LogP contribution in [0.2, 0.25) is 0 Å². The Morgan fingerprint density at radius 2 is 1.55 bits per heavy atom. The van der Waals surface area contributed by atoms with E-state index in [-0.39, 0.29) is 12.0 Å². The molecule has 9 heteroatoms. The van der Waals surface area contributed by atoms with Crippen molar-refractivity contribution in [2.45, 2.75) is 49.0 Å². The number of nitrogens with one attached hydrogen (secondary N) is 1. The molecule has 4 aromatic rings. The fraction of sp³-hybridized carbons (Fsp3) is 0.387. The second kappa shape index (κ2) is 11.2. The van der Waals surface area contributed by atoms with Crippen LogP contribution in [0.3, 0.4) is 0 Å². The topological polar surface area (TPSA) is 99.4 Å². The number of benzene rings is 2. The van der Waals surface area contributed by atoms with E-state index in [1.165, 1.54) is 0 Å². The van der Waals surface area contributed by atoms with Gasteiger partial charge in [0.2, 0.25) is 10.8 Å². The molecule has 3 aliphatic heterocycles. The van der Waals surface area contributed by atoms with Gasteiger partial charge in [0.05, 0.1) is 0 Å². The van der Waals surface area contributed by atoms with Gasteiger partial charge in [-0.3, -0.25) is 0 Å². The molecule has 0 amide bonds. The smallest absolute Gasteiger partial charge is 0.227 e. The molecule has 2 saturated heterocycles. The van der Waals surface area contributed by atoms with Crippen LogP contribution in [-0.4, -0.2) is 57.6 Å². The maximum Gasteiger partial charge on any atom is 0.227 e. The highest BCUT2D eigenvalue weighted by molar-refractivity contribution is 7.91. The molecule has 0 saturated carbocycles. The van der Waals surface area contributed by atoms with Gasteiger partial charge in [-0.2, -0.15) is 4.98 Å². The van der Waals surface area contributed by atoms with Gasteiger partial charge in [0, 0.05) is 55.8 Å². The molecule has 7 rings (SSSR count). The van der Waals surface area contributed by atoms with Crippen molar-refractivity contribution in [1.82, 2.24) is 15.0 Å². The molecule has 3 aliphatic rings. The number of hydrogen-bond donors (Lipinski definition) is 1. The molecule has 8 nitrogen and oxygen atoms in total. The van der Waals surface area contributed by atoms with E-state index in [1.54, 1.807) is 0 Å². The minimum atomic E-state index is -1.05. The molecule has 5 heterocycles. The van der Waals surface area contributed by atoms with Crippen LogP contribution in [0.5, 0.6) is 0 Å². The average Bonchev–Trinajstić information content (AvgIpc) is 3.63. The van der Waals surface area contributed by atoms with Crippen LogP contribution < -0.4 is 10.2 Å². The first kappa shape index (κ1) is 25.6. The lowest BCUT2D eigenvalue weighted by Gasteiger charge is -2.31. The largest absolute Gasteiger partial charge is 0.611 e. The number of fused-ring (bicyclic) bond motifs is 1. The van der Waals surface area contributed by atoms with Gasteiger partial charge in [0.25, 0.3) is 0 Å². The van der Waals surface area contributed by atoms with E-state index in [0.29, 0.717) is 5.75 Å². The Labute approximate surface area is 237 Å². The molecule has 0 spiro atoms. The summed E-state index contributed by atoms with van der Waals surface area (Å²) in [6.07, 6.45) is 4.39. The summed E-state index contributed by atoms with van der Waals surface area (Å²) >= 11 is -1.05. The third kappa shape index (κ3) is 5.09. The van der Waals surface area contributed by atoms with Crippen molar-refractivity contribution in [3.8, 4) is 22.6 Å². The van der Waals surface area contributed by atoms with Crippen molar-refractivity contribution in [3.05, 3.63) is 72.2 Å². The number of aromatic nitrogens is 3. The first-order chi connectivity index (χ1) is 19.7. The van der Waals surface area contributed by atoms with Crippen LogP contribution in [0.25, 0.3) is 22.6 Å². The van der Waals surface area contributed by atoms with Crippen LogP contribution in [0, 0.1) is 0 Å². The maximum absolute atomic E-state index is 12.8. The molecule has 206 valence electrons. The van der Waals surface area contributed by atoms with Gasteiger partial charge in [-0.1, -0.05) is 60.7 Å². The van der Waals surface area contributed by atoms with Crippen molar-refractivity contribution >= 4 is 22.9 Å². The molecule has 0 bridgehead atoms. The molecule has 2 aromatic heterocycles. The number of hydrogen-bond acceptors (Lipinski definition) is 8. The summed E-state index contributed by atoms with van der Waals surface area (Å²) in [4.78, 5) is 17.9. The highest BCUT2D eigenvalue weighted by Gasteiger charge is 2.35. The zero-order valence-electron chi connectivity index (χ0n) is 22.4. The van der Waals surface area contributed by atoms with Crippen LogP contribution in [0.4, 0.5) is 11.8 Å². The van der Waals surface area contributed by atoms with Crippen LogP contribution in [0.1, 0.15) is 43.2 Å². The molecular weight excluding hydrogens is 522 g/mol. The normalized spacial score (nSPS) is 20.0. The molecule has 0 radical (unpaired) electrons. The van der Waals surface area contributed by atoms with E-state index in [9.17, 15) is 4.55 Å². The summed E-state index contributed by atoms with van der Waals surface area (Å²) in [6, 6.07) is 20.8. The minimum absolute atomic E-state index is 0.220. The first-order valence-electron chi connectivity index (χ1n) is 14.2. The molecular formula is C31H33N5O3S. The number of aryl methyl sites for hydroxylation is 1. The Kier molecular flexibility index (Phi) is 7.18. The zero-order chi connectivity index (χ0) is 26.9. The lowest BCUT2D eigenvalue weighted by molar-refractivity contribution is 0.0903. The Hall–Kier alpha value is -3.40. The fourth-order valence-corrected chi connectivity index (χ4v) is 7.19. The van der Waals surface area contributed by atoms with Crippen molar-refractivity contribution < 1.29 is 13.7 Å². The Bertz CT molecular complexity index is 1390. The Morgan fingerprint density at radius 1 is 0.850 bits per heavy atom. The van der Waals surface area contributed by atoms with Gasteiger partial charge >= 0.3 is 0 Å². The average molecular weight is 556 g/mol. The van der Waals surface area contributed by atoms with E-state index in [0.717, 1.165) is 109 Å². The quantitative estimate of drug-likeness (QED) is 0.314. The number of nitrogens with zero attached hydrogens (tertiary/aromatic N) is 4. The van der Waals surface area contributed by atoms with E-state index < -0.39 is 11.2 Å². The van der Waals surface area contributed by atoms with Gasteiger partial charge in [0.15, 0.2) is 17.5 Å². The third-order valence-corrected chi connectivity index (χ3v) is 9.55. The van der Waals surface area contributed by atoms with Gasteiger partial charge < -0.3 is 23.9 Å². The summed E-state index contributed by atoms with van der Waals surface area (Å²) in [5.74, 6) is 3.94. The van der Waals surface area contributed by atoms with Crippen LogP contribution in [0.15, 0.2) is 70.0 Å². The SMILES string of the molecule is [O-][S+]1CCc2nc(N3CCC(c4nc(-c5ccccc5)c(-c5ccccc5)o4)CC3)nc(NC3CCOCC3)c21. The molecule has 1 atom stereocenters. The van der Waals surface area contributed by atoms with Crippen LogP contribution >= 0.6 is 0 Å². The summed E-state index contributed by atoms with van der Waals surface area (Å²) in [5, 5.41) is 3.59. The second-order valence-corrected chi connectivity index (χ2v) is 12.2. The molecule has 1 unspecified atom stereocenters. The van der Waals surface area contributed by atoms with E-state index in [4.69, 9.17) is 24.1 Å². The minimum Gasteiger partial charge on any atom is -0.611 e. The number of piperidine rings is 1. The summed E-state index contributed by atoms with van der Waals surface area (Å²) in [6.45, 7) is 3.11. The fourth-order valence-electron chi connectivity index (χ4n) is 5.87. The van der Waals surface area contributed by atoms with Gasteiger partial charge in [-0.05, 0) is 36.9 Å². The lowest BCUT2D eigenvalue weighted by Crippen LogP contribution is -2.35. The van der Waals surface area contributed by atoms with Crippen molar-refractivity contribution in [2.75, 3.05) is 42.3 Å². The molecule has 0 aliphatic carbocycles. The van der Waals surface area contributed by atoms with Crippen molar-refractivity contribution in [2.24, 2.45) is 0 Å². The van der Waals surface area contributed by atoms with Crippen molar-refractivity contribution in [1.29, 1.82) is 0 Å². The first-order valence-corrected chi connectivity index (χ1v) is 15.5. The summed E-state index contributed by atoms with van der Waals surface area (Å²) in [5.41, 5.74) is 3.91. The molecule has 2 fully saturated rings. The van der Waals surface area contributed by atoms with E-state index >= 15 is 0 Å². The van der Waals surface area contributed by atoms with Gasteiger partial charge in [0.1, 0.15) is 17.1 Å². The number of rotatable bonds is 6. The maximum atomic E-state index is 12.8. The molecule has 2 aromatic carbocycles. The highest BCUT2D eigenvalue weighted by atomic mass is 32.2. The predicted octanol–water partition coefficient (Wildman–Crippen LogP) is 5.44. The number of oxazole rings is 1.